The van der Waals surface area contributed by atoms with Crippen molar-refractivity contribution in [2.24, 2.45) is 0 Å². The highest BCUT2D eigenvalue weighted by atomic mass is 15.2. The van der Waals surface area contributed by atoms with Crippen molar-refractivity contribution < 1.29 is 0 Å². The Kier molecular flexibility index (Phi) is 7.56. The fraction of sp³-hybridized carbons (Fsp3) is 0.442. The molecule has 0 amide bonds. The molecule has 0 bridgehead atoms. The quantitative estimate of drug-likeness (QED) is 0.231. The van der Waals surface area contributed by atoms with Crippen molar-refractivity contribution in [2.45, 2.75) is 129 Å². The molecule has 1 heteroatoms. The molecule has 0 saturated heterocycles. The third-order valence-corrected chi connectivity index (χ3v) is 12.0. The van der Waals surface area contributed by atoms with E-state index in [1.165, 1.54) is 112 Å². The molecular formula is C43H55N. The van der Waals surface area contributed by atoms with Gasteiger partial charge in [0.1, 0.15) is 0 Å². The second-order valence-corrected chi connectivity index (χ2v) is 15.3. The maximum absolute atomic E-state index is 2.64. The minimum atomic E-state index is -0.0913. The Hall–Kier alpha value is -3.32. The summed E-state index contributed by atoms with van der Waals surface area (Å²) in [5, 5.41) is 0. The molecule has 1 aliphatic rings. The van der Waals surface area contributed by atoms with E-state index in [9.17, 15) is 0 Å². The lowest BCUT2D eigenvalue weighted by Crippen LogP contribution is -2.45. The van der Waals surface area contributed by atoms with Crippen LogP contribution in [0.15, 0.2) is 24.3 Å². The van der Waals surface area contributed by atoms with Gasteiger partial charge in [-0.05, 0) is 184 Å². The van der Waals surface area contributed by atoms with E-state index in [-0.39, 0.29) is 10.8 Å². The molecule has 0 aliphatic heterocycles. The van der Waals surface area contributed by atoms with E-state index in [1.807, 2.05) is 0 Å². The van der Waals surface area contributed by atoms with E-state index in [2.05, 4.69) is 147 Å². The van der Waals surface area contributed by atoms with Crippen LogP contribution in [0.25, 0.3) is 11.1 Å². The van der Waals surface area contributed by atoms with Crippen LogP contribution >= 0.6 is 0 Å². The minimum Gasteiger partial charge on any atom is -0.309 e. The van der Waals surface area contributed by atoms with Gasteiger partial charge in [0.2, 0.25) is 0 Å². The minimum absolute atomic E-state index is 0.0530. The maximum atomic E-state index is 2.64. The number of anilines is 3. The molecule has 0 spiro atoms. The Morgan fingerprint density at radius 3 is 1.07 bits per heavy atom. The molecule has 0 radical (unpaired) electrons. The first-order chi connectivity index (χ1) is 20.3. The molecule has 0 fully saturated rings. The van der Waals surface area contributed by atoms with Gasteiger partial charge in [0, 0.05) is 0 Å². The average Bonchev–Trinajstić information content (AvgIpc) is 2.89. The highest BCUT2D eigenvalue weighted by Crippen LogP contribution is 2.60. The molecule has 1 nitrogen and oxygen atoms in total. The predicted molar refractivity (Wildman–Crippen MR) is 194 cm³/mol. The summed E-state index contributed by atoms with van der Waals surface area (Å²) in [6.45, 7) is 40.1. The van der Waals surface area contributed by atoms with Gasteiger partial charge in [0.05, 0.1) is 17.1 Å². The standard InChI is InChI=1S/C43H55N/c1-22-18-24(3)39(25(4)19-22)44(40-26(5)20-23(2)21-27(40)6)41-33(12)31(10)36-35-30(9)28(7)29(8)32(11)37(35)42(14,15)43(16,17)38(36)34(41)13/h18-21H,1-17H3. The fourth-order valence-corrected chi connectivity index (χ4v) is 8.99. The Bertz CT molecular complexity index is 1770. The van der Waals surface area contributed by atoms with Gasteiger partial charge in [-0.2, -0.15) is 0 Å². The summed E-state index contributed by atoms with van der Waals surface area (Å²) < 4.78 is 0. The summed E-state index contributed by atoms with van der Waals surface area (Å²) in [5.74, 6) is 0. The molecule has 1 aliphatic carbocycles. The van der Waals surface area contributed by atoms with Crippen LogP contribution in [-0.2, 0) is 10.8 Å². The highest BCUT2D eigenvalue weighted by molar-refractivity contribution is 5.94. The zero-order valence-electron chi connectivity index (χ0n) is 30.8. The van der Waals surface area contributed by atoms with Gasteiger partial charge in [0.25, 0.3) is 0 Å². The highest BCUT2D eigenvalue weighted by Gasteiger charge is 2.49. The molecule has 0 unspecified atom stereocenters. The lowest BCUT2D eigenvalue weighted by Gasteiger charge is -2.52. The molecule has 0 heterocycles. The van der Waals surface area contributed by atoms with Crippen LogP contribution in [-0.4, -0.2) is 0 Å². The Balaban J connectivity index is 2.04. The van der Waals surface area contributed by atoms with E-state index in [4.69, 9.17) is 0 Å². The normalized spacial score (nSPS) is 14.8. The number of hydrogen-bond acceptors (Lipinski definition) is 1. The number of fused-ring (bicyclic) bond motifs is 3. The summed E-state index contributed by atoms with van der Waals surface area (Å²) in [7, 11) is 0. The van der Waals surface area contributed by atoms with Crippen LogP contribution in [0, 0.1) is 90.0 Å². The molecule has 0 saturated carbocycles. The topological polar surface area (TPSA) is 3.24 Å². The summed E-state index contributed by atoms with van der Waals surface area (Å²) in [5.41, 5.74) is 27.7. The van der Waals surface area contributed by atoms with Gasteiger partial charge in [0.15, 0.2) is 0 Å². The first-order valence-corrected chi connectivity index (χ1v) is 16.5. The van der Waals surface area contributed by atoms with E-state index < -0.39 is 0 Å². The second kappa shape index (κ2) is 10.4. The van der Waals surface area contributed by atoms with Crippen molar-refractivity contribution in [3.05, 3.63) is 108 Å². The number of benzene rings is 4. The lowest BCUT2D eigenvalue weighted by molar-refractivity contribution is 0.296. The van der Waals surface area contributed by atoms with Crippen LogP contribution in [0.2, 0.25) is 0 Å². The van der Waals surface area contributed by atoms with E-state index in [0.29, 0.717) is 0 Å². The summed E-state index contributed by atoms with van der Waals surface area (Å²) in [4.78, 5) is 2.64. The third kappa shape index (κ3) is 4.25. The molecule has 0 N–H and O–H groups in total. The number of nitrogens with zero attached hydrogens (tertiary/aromatic N) is 1. The largest absolute Gasteiger partial charge is 0.309 e. The van der Waals surface area contributed by atoms with Gasteiger partial charge >= 0.3 is 0 Å². The predicted octanol–water partition coefficient (Wildman–Crippen LogP) is 12.4. The van der Waals surface area contributed by atoms with Crippen LogP contribution in [0.5, 0.6) is 0 Å². The lowest BCUT2D eigenvalue weighted by atomic mass is 9.52. The summed E-state index contributed by atoms with van der Waals surface area (Å²) in [6, 6.07) is 9.41. The fourth-order valence-electron chi connectivity index (χ4n) is 8.99. The number of rotatable bonds is 3. The van der Waals surface area contributed by atoms with Crippen molar-refractivity contribution in [1.29, 1.82) is 0 Å². The number of hydrogen-bond donors (Lipinski definition) is 0. The van der Waals surface area contributed by atoms with Crippen LogP contribution in [0.4, 0.5) is 17.1 Å². The van der Waals surface area contributed by atoms with Gasteiger partial charge in [-0.15, -0.1) is 0 Å². The molecule has 0 aromatic heterocycles. The van der Waals surface area contributed by atoms with Crippen molar-refractivity contribution in [3.63, 3.8) is 0 Å². The molecule has 0 atom stereocenters. The molecular weight excluding hydrogens is 530 g/mol. The smallest absolute Gasteiger partial charge is 0.0526 e. The second-order valence-electron chi connectivity index (χ2n) is 15.3. The molecule has 232 valence electrons. The van der Waals surface area contributed by atoms with Crippen LogP contribution < -0.4 is 4.90 Å². The van der Waals surface area contributed by atoms with E-state index in [1.54, 1.807) is 0 Å². The Morgan fingerprint density at radius 2 is 0.682 bits per heavy atom. The van der Waals surface area contributed by atoms with Crippen molar-refractivity contribution in [3.8, 4) is 11.1 Å². The van der Waals surface area contributed by atoms with Gasteiger partial charge in [-0.1, -0.05) is 63.1 Å². The van der Waals surface area contributed by atoms with E-state index >= 15 is 0 Å². The Labute approximate surface area is 268 Å². The molecule has 44 heavy (non-hydrogen) atoms. The molecule has 4 aromatic rings. The van der Waals surface area contributed by atoms with E-state index in [0.717, 1.165) is 0 Å². The van der Waals surface area contributed by atoms with Crippen molar-refractivity contribution >= 4 is 17.1 Å². The van der Waals surface area contributed by atoms with Gasteiger partial charge in [-0.3, -0.25) is 0 Å². The molecule has 5 rings (SSSR count). The monoisotopic (exact) mass is 585 g/mol. The SMILES string of the molecule is Cc1cc(C)c(N(c2c(C)cc(C)cc2C)c2c(C)c(C)c3c(c2C)C(C)(C)C(C)(C)c2c(C)c(C)c(C)c(C)c2-3)c(C)c1. The zero-order valence-corrected chi connectivity index (χ0v) is 30.8. The van der Waals surface area contributed by atoms with Crippen LogP contribution in [0.3, 0.4) is 0 Å². The zero-order chi connectivity index (χ0) is 33.0. The first-order valence-electron chi connectivity index (χ1n) is 16.5. The third-order valence-electron chi connectivity index (χ3n) is 12.0. The maximum Gasteiger partial charge on any atom is 0.0526 e. The Morgan fingerprint density at radius 1 is 0.364 bits per heavy atom. The average molecular weight is 586 g/mol. The van der Waals surface area contributed by atoms with Gasteiger partial charge in [-0.25, -0.2) is 0 Å². The van der Waals surface area contributed by atoms with Gasteiger partial charge < -0.3 is 4.90 Å². The van der Waals surface area contributed by atoms with Crippen molar-refractivity contribution in [1.82, 2.24) is 0 Å². The van der Waals surface area contributed by atoms with Crippen molar-refractivity contribution in [2.75, 3.05) is 4.90 Å². The summed E-state index contributed by atoms with van der Waals surface area (Å²) in [6.07, 6.45) is 0. The van der Waals surface area contributed by atoms with Crippen LogP contribution in [0.1, 0.15) is 111 Å². The summed E-state index contributed by atoms with van der Waals surface area (Å²) >= 11 is 0. The molecule has 4 aromatic carbocycles. The number of aryl methyl sites for hydroxylation is 6. The first kappa shape index (κ1) is 32.1.